The van der Waals surface area contributed by atoms with Gasteiger partial charge in [-0.25, -0.2) is 9.97 Å². The van der Waals surface area contributed by atoms with Gasteiger partial charge in [-0.15, -0.1) is 17.0 Å². The third-order valence-corrected chi connectivity index (χ3v) is 4.21. The molecule has 0 radical (unpaired) electrons. The molecule has 0 spiro atoms. The van der Waals surface area contributed by atoms with Crippen molar-refractivity contribution in [2.45, 2.75) is 18.9 Å². The summed E-state index contributed by atoms with van der Waals surface area (Å²) in [4.78, 5) is 10.9. The highest BCUT2D eigenvalue weighted by molar-refractivity contribution is 8.93. The van der Waals surface area contributed by atoms with E-state index in [1.807, 2.05) is 24.3 Å². The highest BCUT2D eigenvalue weighted by Gasteiger charge is 2.20. The van der Waals surface area contributed by atoms with E-state index in [0.29, 0.717) is 21.7 Å². The summed E-state index contributed by atoms with van der Waals surface area (Å²) in [5, 5.41) is 10.7. The molecule has 0 amide bonds. The van der Waals surface area contributed by atoms with Crippen LogP contribution >= 0.6 is 40.2 Å². The standard InChI is InChI=1S/C15H15Cl2N3O.BrH/c16-12-4-2-1-3-11(12)14-13(17)9-18-15(19-14)20-7-5-10(21)6-8-20;/h1-4,9-10,21H,5-8H2;1H. The fourth-order valence-electron chi connectivity index (χ4n) is 2.42. The molecule has 1 saturated heterocycles. The van der Waals surface area contributed by atoms with Gasteiger partial charge in [-0.3, -0.25) is 0 Å². The normalized spacial score (nSPS) is 15.5. The van der Waals surface area contributed by atoms with E-state index in [1.54, 1.807) is 6.20 Å². The Morgan fingerprint density at radius 1 is 1.09 bits per heavy atom. The second-order valence-electron chi connectivity index (χ2n) is 5.06. The number of nitrogens with zero attached hydrogens (tertiary/aromatic N) is 3. The Kier molecular flexibility index (Phi) is 6.03. The van der Waals surface area contributed by atoms with Crippen LogP contribution in [-0.4, -0.2) is 34.3 Å². The Labute approximate surface area is 149 Å². The molecule has 0 saturated carbocycles. The summed E-state index contributed by atoms with van der Waals surface area (Å²) in [5.41, 5.74) is 1.43. The first kappa shape index (κ1) is 17.5. The number of halogens is 3. The van der Waals surface area contributed by atoms with Gasteiger partial charge in [0.1, 0.15) is 0 Å². The third-order valence-electron chi connectivity index (χ3n) is 3.61. The molecule has 0 aliphatic carbocycles. The molecule has 1 N–H and O–H groups in total. The lowest BCUT2D eigenvalue weighted by Crippen LogP contribution is -2.36. The maximum atomic E-state index is 9.58. The van der Waals surface area contributed by atoms with Crippen LogP contribution in [0.5, 0.6) is 0 Å². The Balaban J connectivity index is 0.00000176. The van der Waals surface area contributed by atoms with Crippen molar-refractivity contribution in [1.82, 2.24) is 9.97 Å². The van der Waals surface area contributed by atoms with Crippen LogP contribution in [0.2, 0.25) is 10.0 Å². The topological polar surface area (TPSA) is 49.2 Å². The molecular weight excluding hydrogens is 389 g/mol. The second-order valence-corrected chi connectivity index (χ2v) is 5.88. The van der Waals surface area contributed by atoms with E-state index in [0.717, 1.165) is 31.5 Å². The average Bonchev–Trinajstić information content (AvgIpc) is 2.50. The molecule has 1 aliphatic heterocycles. The third kappa shape index (κ3) is 3.71. The average molecular weight is 405 g/mol. The van der Waals surface area contributed by atoms with Crippen LogP contribution in [0, 0.1) is 0 Å². The lowest BCUT2D eigenvalue weighted by Gasteiger charge is -2.29. The van der Waals surface area contributed by atoms with Crippen LogP contribution < -0.4 is 4.90 Å². The van der Waals surface area contributed by atoms with Crippen molar-refractivity contribution in [2.75, 3.05) is 18.0 Å². The van der Waals surface area contributed by atoms with Gasteiger partial charge in [-0.1, -0.05) is 41.4 Å². The van der Waals surface area contributed by atoms with Crippen LogP contribution in [0.25, 0.3) is 11.3 Å². The molecule has 2 heterocycles. The summed E-state index contributed by atoms with van der Waals surface area (Å²) in [5.74, 6) is 0.626. The quantitative estimate of drug-likeness (QED) is 0.821. The lowest BCUT2D eigenvalue weighted by molar-refractivity contribution is 0.145. The largest absolute Gasteiger partial charge is 0.393 e. The molecule has 4 nitrogen and oxygen atoms in total. The molecule has 0 unspecified atom stereocenters. The highest BCUT2D eigenvalue weighted by atomic mass is 79.9. The van der Waals surface area contributed by atoms with Gasteiger partial charge in [0.05, 0.1) is 28.0 Å². The minimum absolute atomic E-state index is 0. The Hall–Kier alpha value is -0.880. The van der Waals surface area contributed by atoms with Gasteiger partial charge in [0.15, 0.2) is 0 Å². The van der Waals surface area contributed by atoms with Gasteiger partial charge < -0.3 is 10.0 Å². The van der Waals surface area contributed by atoms with Crippen LogP contribution in [0.1, 0.15) is 12.8 Å². The van der Waals surface area contributed by atoms with E-state index in [2.05, 4.69) is 14.9 Å². The predicted octanol–water partition coefficient (Wildman–Crippen LogP) is 3.99. The molecule has 1 aliphatic rings. The number of hydrogen-bond acceptors (Lipinski definition) is 4. The second kappa shape index (κ2) is 7.59. The van der Waals surface area contributed by atoms with Crippen LogP contribution in [0.3, 0.4) is 0 Å². The lowest BCUT2D eigenvalue weighted by atomic mass is 10.1. The molecule has 0 bridgehead atoms. The van der Waals surface area contributed by atoms with E-state index in [9.17, 15) is 5.11 Å². The smallest absolute Gasteiger partial charge is 0.225 e. The van der Waals surface area contributed by atoms with Crippen LogP contribution in [0.4, 0.5) is 5.95 Å². The van der Waals surface area contributed by atoms with Gasteiger partial charge >= 0.3 is 0 Å². The summed E-state index contributed by atoms with van der Waals surface area (Å²) < 4.78 is 0. The summed E-state index contributed by atoms with van der Waals surface area (Å²) >= 11 is 12.4. The van der Waals surface area contributed by atoms with E-state index >= 15 is 0 Å². The Morgan fingerprint density at radius 2 is 1.77 bits per heavy atom. The molecule has 22 heavy (non-hydrogen) atoms. The number of benzene rings is 1. The van der Waals surface area contributed by atoms with E-state index < -0.39 is 0 Å². The molecule has 0 atom stereocenters. The first-order chi connectivity index (χ1) is 10.1. The summed E-state index contributed by atoms with van der Waals surface area (Å²) in [7, 11) is 0. The zero-order valence-electron chi connectivity index (χ0n) is 11.7. The molecule has 1 fully saturated rings. The summed E-state index contributed by atoms with van der Waals surface area (Å²) in [6.07, 6.45) is 2.84. The van der Waals surface area contributed by atoms with E-state index in [4.69, 9.17) is 23.2 Å². The van der Waals surface area contributed by atoms with Crippen LogP contribution in [0.15, 0.2) is 30.5 Å². The summed E-state index contributed by atoms with van der Waals surface area (Å²) in [6, 6.07) is 7.47. The zero-order valence-corrected chi connectivity index (χ0v) is 15.0. The predicted molar refractivity (Wildman–Crippen MR) is 95.3 cm³/mol. The maximum absolute atomic E-state index is 9.58. The van der Waals surface area contributed by atoms with Crippen LogP contribution in [-0.2, 0) is 0 Å². The number of aromatic nitrogens is 2. The van der Waals surface area contributed by atoms with Gasteiger partial charge in [0, 0.05) is 18.7 Å². The molecule has 2 aromatic rings. The molecule has 7 heteroatoms. The number of aliphatic hydroxyl groups excluding tert-OH is 1. The minimum Gasteiger partial charge on any atom is -0.393 e. The van der Waals surface area contributed by atoms with Gasteiger partial charge in [-0.2, -0.15) is 0 Å². The molecule has 1 aromatic carbocycles. The molecular formula is C15H16BrCl2N3O. The van der Waals surface area contributed by atoms with Gasteiger partial charge in [0.25, 0.3) is 0 Å². The number of aliphatic hydroxyl groups is 1. The van der Waals surface area contributed by atoms with Crippen molar-refractivity contribution in [1.29, 1.82) is 0 Å². The maximum Gasteiger partial charge on any atom is 0.225 e. The van der Waals surface area contributed by atoms with Crippen molar-refractivity contribution < 1.29 is 5.11 Å². The molecule has 118 valence electrons. The van der Waals surface area contributed by atoms with Crippen molar-refractivity contribution in [3.63, 3.8) is 0 Å². The van der Waals surface area contributed by atoms with Gasteiger partial charge in [0.2, 0.25) is 5.95 Å². The number of piperidine rings is 1. The van der Waals surface area contributed by atoms with Crippen molar-refractivity contribution in [2.24, 2.45) is 0 Å². The Morgan fingerprint density at radius 3 is 2.45 bits per heavy atom. The first-order valence-electron chi connectivity index (χ1n) is 6.85. The van der Waals surface area contributed by atoms with Crippen molar-refractivity contribution >= 4 is 46.1 Å². The number of hydrogen-bond donors (Lipinski definition) is 1. The fraction of sp³-hybridized carbons (Fsp3) is 0.333. The number of rotatable bonds is 2. The highest BCUT2D eigenvalue weighted by Crippen LogP contribution is 2.32. The first-order valence-corrected chi connectivity index (χ1v) is 7.61. The molecule has 1 aromatic heterocycles. The zero-order chi connectivity index (χ0) is 14.8. The Bertz CT molecular complexity index is 648. The molecule has 3 rings (SSSR count). The number of anilines is 1. The van der Waals surface area contributed by atoms with E-state index in [1.165, 1.54) is 0 Å². The minimum atomic E-state index is -0.225. The van der Waals surface area contributed by atoms with Crippen molar-refractivity contribution in [3.8, 4) is 11.3 Å². The monoisotopic (exact) mass is 403 g/mol. The fourth-order valence-corrected chi connectivity index (χ4v) is 2.84. The summed E-state index contributed by atoms with van der Waals surface area (Å²) in [6.45, 7) is 1.48. The van der Waals surface area contributed by atoms with E-state index in [-0.39, 0.29) is 23.1 Å². The van der Waals surface area contributed by atoms with Gasteiger partial charge in [-0.05, 0) is 18.9 Å². The van der Waals surface area contributed by atoms with Crippen molar-refractivity contribution in [3.05, 3.63) is 40.5 Å². The SMILES string of the molecule is Br.OC1CCN(c2ncc(Cl)c(-c3ccccc3Cl)n2)CC1.